The first-order chi connectivity index (χ1) is 8.81. The first-order valence-electron chi connectivity index (χ1n) is 6.03. The zero-order valence-electron chi connectivity index (χ0n) is 9.97. The molecule has 1 aliphatic rings. The van der Waals surface area contributed by atoms with Gasteiger partial charge in [0.05, 0.1) is 24.4 Å². The van der Waals surface area contributed by atoms with Crippen molar-refractivity contribution in [3.63, 3.8) is 0 Å². The molecule has 1 fully saturated rings. The Bertz CT molecular complexity index is 555. The van der Waals surface area contributed by atoms with Gasteiger partial charge in [0.1, 0.15) is 0 Å². The normalized spacial score (nSPS) is 17.2. The summed E-state index contributed by atoms with van der Waals surface area (Å²) in [5.41, 5.74) is 1.95. The van der Waals surface area contributed by atoms with E-state index in [-0.39, 0.29) is 0 Å². The van der Waals surface area contributed by atoms with Crippen LogP contribution in [0, 0.1) is 0 Å². The lowest BCUT2D eigenvalue weighted by Crippen LogP contribution is -2.35. The minimum atomic E-state index is 0.812. The Kier molecular flexibility index (Phi) is 3.54. The Morgan fingerprint density at radius 2 is 2.00 bits per heavy atom. The number of halogens is 1. The second kappa shape index (κ2) is 5.30. The third-order valence-corrected chi connectivity index (χ3v) is 3.58. The van der Waals surface area contributed by atoms with Crippen molar-refractivity contribution in [3.05, 3.63) is 34.4 Å². The highest BCUT2D eigenvalue weighted by Gasteiger charge is 2.11. The van der Waals surface area contributed by atoms with E-state index in [9.17, 15) is 0 Å². The molecular formula is C13H14BrN3O. The molecule has 1 saturated heterocycles. The smallest absolute Gasteiger partial charge is 0.0930 e. The van der Waals surface area contributed by atoms with E-state index < -0.39 is 0 Å². The largest absolute Gasteiger partial charge is 0.379 e. The monoisotopic (exact) mass is 307 g/mol. The maximum Gasteiger partial charge on any atom is 0.0930 e. The molecule has 1 aromatic heterocycles. The van der Waals surface area contributed by atoms with Crippen LogP contribution in [-0.4, -0.2) is 41.4 Å². The van der Waals surface area contributed by atoms with Crippen LogP contribution in [-0.2, 0) is 11.3 Å². The SMILES string of the molecule is Brc1ccc2nnc(CN3CCOCC3)cc2c1. The third-order valence-electron chi connectivity index (χ3n) is 3.09. The van der Waals surface area contributed by atoms with Crippen LogP contribution in [0.15, 0.2) is 28.7 Å². The molecule has 4 nitrogen and oxygen atoms in total. The Morgan fingerprint density at radius 3 is 2.83 bits per heavy atom. The predicted molar refractivity (Wildman–Crippen MR) is 73.3 cm³/mol. The van der Waals surface area contributed by atoms with Crippen molar-refractivity contribution in [1.82, 2.24) is 15.1 Å². The van der Waals surface area contributed by atoms with Crippen molar-refractivity contribution in [1.29, 1.82) is 0 Å². The van der Waals surface area contributed by atoms with E-state index in [4.69, 9.17) is 4.74 Å². The number of rotatable bonds is 2. The van der Waals surface area contributed by atoms with Gasteiger partial charge in [-0.1, -0.05) is 15.9 Å². The van der Waals surface area contributed by atoms with Gasteiger partial charge in [0.2, 0.25) is 0 Å². The van der Waals surface area contributed by atoms with Crippen LogP contribution in [0.5, 0.6) is 0 Å². The molecule has 1 aliphatic heterocycles. The average Bonchev–Trinajstić information content (AvgIpc) is 2.39. The van der Waals surface area contributed by atoms with E-state index in [0.717, 1.165) is 53.9 Å². The van der Waals surface area contributed by atoms with Crippen molar-refractivity contribution in [2.24, 2.45) is 0 Å². The lowest BCUT2D eigenvalue weighted by atomic mass is 10.2. The van der Waals surface area contributed by atoms with Gasteiger partial charge in [0.25, 0.3) is 0 Å². The van der Waals surface area contributed by atoms with E-state index in [1.54, 1.807) is 0 Å². The molecule has 1 aromatic carbocycles. The maximum atomic E-state index is 5.34. The summed E-state index contributed by atoms with van der Waals surface area (Å²) < 4.78 is 6.41. The highest BCUT2D eigenvalue weighted by atomic mass is 79.9. The number of ether oxygens (including phenoxy) is 1. The number of fused-ring (bicyclic) bond motifs is 1. The Morgan fingerprint density at radius 1 is 1.17 bits per heavy atom. The molecule has 94 valence electrons. The zero-order chi connectivity index (χ0) is 12.4. The Hall–Kier alpha value is -1.04. The van der Waals surface area contributed by atoms with Crippen LogP contribution in [0.3, 0.4) is 0 Å². The third kappa shape index (κ3) is 2.68. The van der Waals surface area contributed by atoms with E-state index in [1.165, 1.54) is 0 Å². The number of hydrogen-bond acceptors (Lipinski definition) is 4. The molecule has 2 heterocycles. The summed E-state index contributed by atoms with van der Waals surface area (Å²) in [5, 5.41) is 9.67. The van der Waals surface area contributed by atoms with Gasteiger partial charge in [-0.2, -0.15) is 10.2 Å². The molecule has 0 N–H and O–H groups in total. The van der Waals surface area contributed by atoms with Gasteiger partial charge in [-0.3, -0.25) is 4.90 Å². The molecule has 0 spiro atoms. The standard InChI is InChI=1S/C13H14BrN3O/c14-11-1-2-13-10(7-11)8-12(15-16-13)9-17-3-5-18-6-4-17/h1-2,7-8H,3-6,9H2. The number of benzene rings is 1. The fourth-order valence-electron chi connectivity index (χ4n) is 2.12. The van der Waals surface area contributed by atoms with Crippen LogP contribution < -0.4 is 0 Å². The summed E-state index contributed by atoms with van der Waals surface area (Å²) in [4.78, 5) is 2.34. The van der Waals surface area contributed by atoms with E-state index in [2.05, 4.69) is 43.2 Å². The van der Waals surface area contributed by atoms with Crippen LogP contribution in [0.1, 0.15) is 5.69 Å². The minimum absolute atomic E-state index is 0.812. The molecule has 3 rings (SSSR count). The average molecular weight is 308 g/mol. The summed E-state index contributed by atoms with van der Waals surface area (Å²) in [6.45, 7) is 4.41. The molecule has 0 aliphatic carbocycles. The van der Waals surface area contributed by atoms with Gasteiger partial charge < -0.3 is 4.74 Å². The molecule has 0 unspecified atom stereocenters. The highest BCUT2D eigenvalue weighted by molar-refractivity contribution is 9.10. The Balaban J connectivity index is 1.83. The molecule has 0 bridgehead atoms. The van der Waals surface area contributed by atoms with Gasteiger partial charge in [-0.15, -0.1) is 0 Å². The second-order valence-corrected chi connectivity index (χ2v) is 5.34. The summed E-state index contributed by atoms with van der Waals surface area (Å²) in [6.07, 6.45) is 0. The van der Waals surface area contributed by atoms with Crippen LogP contribution >= 0.6 is 15.9 Å². The van der Waals surface area contributed by atoms with Gasteiger partial charge in [0.15, 0.2) is 0 Å². The molecule has 0 radical (unpaired) electrons. The number of aromatic nitrogens is 2. The summed E-state index contributed by atoms with van der Waals surface area (Å²) in [6, 6.07) is 8.15. The van der Waals surface area contributed by atoms with Gasteiger partial charge in [0, 0.05) is 29.5 Å². The van der Waals surface area contributed by atoms with E-state index >= 15 is 0 Å². The summed E-state index contributed by atoms with van der Waals surface area (Å²) >= 11 is 3.48. The van der Waals surface area contributed by atoms with Crippen molar-refractivity contribution in [3.8, 4) is 0 Å². The fourth-order valence-corrected chi connectivity index (χ4v) is 2.50. The molecule has 5 heteroatoms. The van der Waals surface area contributed by atoms with Crippen molar-refractivity contribution < 1.29 is 4.74 Å². The first kappa shape index (κ1) is 12.0. The molecule has 0 atom stereocenters. The number of nitrogens with zero attached hydrogens (tertiary/aromatic N) is 3. The van der Waals surface area contributed by atoms with Crippen LogP contribution in [0.25, 0.3) is 10.9 Å². The quantitative estimate of drug-likeness (QED) is 0.853. The van der Waals surface area contributed by atoms with Gasteiger partial charge in [-0.25, -0.2) is 0 Å². The predicted octanol–water partition coefficient (Wildman–Crippen LogP) is 2.22. The first-order valence-corrected chi connectivity index (χ1v) is 6.82. The maximum absolute atomic E-state index is 5.34. The molecule has 18 heavy (non-hydrogen) atoms. The molecular weight excluding hydrogens is 294 g/mol. The van der Waals surface area contributed by atoms with Crippen molar-refractivity contribution in [2.75, 3.05) is 26.3 Å². The van der Waals surface area contributed by atoms with E-state index in [0.29, 0.717) is 0 Å². The molecule has 0 saturated carbocycles. The van der Waals surface area contributed by atoms with Crippen molar-refractivity contribution >= 4 is 26.8 Å². The summed E-state index contributed by atoms with van der Waals surface area (Å²) in [5.74, 6) is 0. The second-order valence-electron chi connectivity index (χ2n) is 4.43. The van der Waals surface area contributed by atoms with Crippen LogP contribution in [0.2, 0.25) is 0 Å². The van der Waals surface area contributed by atoms with E-state index in [1.807, 2.05) is 12.1 Å². The lowest BCUT2D eigenvalue weighted by molar-refractivity contribution is 0.0335. The van der Waals surface area contributed by atoms with Crippen LogP contribution in [0.4, 0.5) is 0 Å². The van der Waals surface area contributed by atoms with Gasteiger partial charge >= 0.3 is 0 Å². The summed E-state index contributed by atoms with van der Waals surface area (Å²) in [7, 11) is 0. The zero-order valence-corrected chi connectivity index (χ0v) is 11.6. The topological polar surface area (TPSA) is 38.2 Å². The minimum Gasteiger partial charge on any atom is -0.379 e. The van der Waals surface area contributed by atoms with Crippen molar-refractivity contribution in [2.45, 2.75) is 6.54 Å². The highest BCUT2D eigenvalue weighted by Crippen LogP contribution is 2.18. The molecule has 0 amide bonds. The lowest BCUT2D eigenvalue weighted by Gasteiger charge is -2.25. The Labute approximate surface area is 114 Å². The van der Waals surface area contributed by atoms with Gasteiger partial charge in [-0.05, 0) is 24.3 Å². The fraction of sp³-hybridized carbons (Fsp3) is 0.385. The number of morpholine rings is 1. The molecule has 2 aromatic rings. The number of hydrogen-bond donors (Lipinski definition) is 0.